The van der Waals surface area contributed by atoms with Gasteiger partial charge in [0.05, 0.1) is 0 Å². The zero-order chi connectivity index (χ0) is 19.3. The zero-order valence-corrected chi connectivity index (χ0v) is 18.1. The number of ether oxygens (including phenoxy) is 1. The molecule has 2 aliphatic carbocycles. The highest BCUT2D eigenvalue weighted by Gasteiger charge is 2.25. The van der Waals surface area contributed by atoms with Crippen molar-refractivity contribution in [1.82, 2.24) is 0 Å². The molecule has 0 N–H and O–H groups in total. The number of carbonyl (C=O) groups is 1. The van der Waals surface area contributed by atoms with Crippen LogP contribution in [-0.2, 0) is 9.53 Å². The Bertz CT molecular complexity index is 412. The molecule has 2 aliphatic rings. The summed E-state index contributed by atoms with van der Waals surface area (Å²) in [6.45, 7) is 4.52. The van der Waals surface area contributed by atoms with Gasteiger partial charge in [-0.2, -0.15) is 0 Å². The van der Waals surface area contributed by atoms with Gasteiger partial charge in [0.1, 0.15) is 6.10 Å². The summed E-state index contributed by atoms with van der Waals surface area (Å²) in [4.78, 5) is 11.9. The molecule has 0 aromatic heterocycles. The Morgan fingerprint density at radius 3 is 1.89 bits per heavy atom. The van der Waals surface area contributed by atoms with Crippen LogP contribution in [0.5, 0.6) is 0 Å². The monoisotopic (exact) mass is 376 g/mol. The van der Waals surface area contributed by atoms with Crippen LogP contribution in [0, 0.1) is 17.8 Å². The number of rotatable bonds is 11. The van der Waals surface area contributed by atoms with Crippen molar-refractivity contribution in [2.24, 2.45) is 17.8 Å². The molecule has 2 rings (SSSR count). The Morgan fingerprint density at radius 1 is 0.778 bits per heavy atom. The third-order valence-electron chi connectivity index (χ3n) is 6.95. The first-order valence-electron chi connectivity index (χ1n) is 12.1. The summed E-state index contributed by atoms with van der Waals surface area (Å²) in [6.07, 6.45) is 24.6. The molecule has 0 aromatic carbocycles. The molecule has 2 fully saturated rings. The topological polar surface area (TPSA) is 26.3 Å². The fraction of sp³-hybridized carbons (Fsp3) is 0.880. The highest BCUT2D eigenvalue weighted by Crippen LogP contribution is 2.36. The minimum absolute atomic E-state index is 0.126. The molecule has 0 bridgehead atoms. The second kappa shape index (κ2) is 13.4. The second-order valence-corrected chi connectivity index (χ2v) is 9.23. The number of hydrogen-bond acceptors (Lipinski definition) is 2. The molecule has 0 saturated heterocycles. The van der Waals surface area contributed by atoms with Crippen molar-refractivity contribution < 1.29 is 9.53 Å². The van der Waals surface area contributed by atoms with E-state index in [4.69, 9.17) is 4.74 Å². The highest BCUT2D eigenvalue weighted by molar-refractivity contribution is 5.82. The van der Waals surface area contributed by atoms with Crippen molar-refractivity contribution in [3.05, 3.63) is 12.2 Å². The molecule has 0 aliphatic heterocycles. The van der Waals surface area contributed by atoms with E-state index in [9.17, 15) is 4.79 Å². The van der Waals surface area contributed by atoms with Crippen LogP contribution >= 0.6 is 0 Å². The van der Waals surface area contributed by atoms with Gasteiger partial charge in [-0.3, -0.25) is 0 Å². The summed E-state index contributed by atoms with van der Waals surface area (Å²) in [5, 5.41) is 0. The van der Waals surface area contributed by atoms with E-state index in [0.29, 0.717) is 0 Å². The maximum Gasteiger partial charge on any atom is 0.330 e. The fourth-order valence-electron chi connectivity index (χ4n) is 5.12. The minimum atomic E-state index is -0.126. The van der Waals surface area contributed by atoms with Gasteiger partial charge in [-0.1, -0.05) is 84.1 Å². The van der Waals surface area contributed by atoms with Gasteiger partial charge in [-0.05, 0) is 56.3 Å². The lowest BCUT2D eigenvalue weighted by Crippen LogP contribution is -2.24. The predicted octanol–water partition coefficient (Wildman–Crippen LogP) is 7.61. The molecule has 0 radical (unpaired) electrons. The lowest BCUT2D eigenvalue weighted by molar-refractivity contribution is -0.144. The number of unbranched alkanes of at least 4 members (excludes halogenated alkanes) is 3. The van der Waals surface area contributed by atoms with Crippen LogP contribution in [0.15, 0.2) is 12.2 Å². The summed E-state index contributed by atoms with van der Waals surface area (Å²) in [5.41, 5.74) is 0. The van der Waals surface area contributed by atoms with Crippen LogP contribution in [0.1, 0.15) is 117 Å². The van der Waals surface area contributed by atoms with E-state index >= 15 is 0 Å². The molecule has 0 heterocycles. The largest absolute Gasteiger partial charge is 0.459 e. The highest BCUT2D eigenvalue weighted by atomic mass is 16.5. The molecule has 2 nitrogen and oxygen atoms in total. The molecule has 0 spiro atoms. The third-order valence-corrected chi connectivity index (χ3v) is 6.95. The summed E-state index contributed by atoms with van der Waals surface area (Å²) < 4.78 is 5.65. The van der Waals surface area contributed by atoms with E-state index in [0.717, 1.165) is 37.0 Å². The SMILES string of the molecule is CCCCCC=CC(=O)OC1CCC(CCC2CCC(CCC)CC2)CC1. The van der Waals surface area contributed by atoms with Crippen LogP contribution in [-0.4, -0.2) is 12.1 Å². The summed E-state index contributed by atoms with van der Waals surface area (Å²) in [5.74, 6) is 2.76. The fourth-order valence-corrected chi connectivity index (χ4v) is 5.12. The Labute approximate surface area is 168 Å². The quantitative estimate of drug-likeness (QED) is 0.211. The van der Waals surface area contributed by atoms with Crippen molar-refractivity contribution in [1.29, 1.82) is 0 Å². The van der Waals surface area contributed by atoms with Crippen molar-refractivity contribution >= 4 is 5.97 Å². The van der Waals surface area contributed by atoms with E-state index < -0.39 is 0 Å². The first-order valence-corrected chi connectivity index (χ1v) is 12.1. The maximum absolute atomic E-state index is 11.9. The Balaban J connectivity index is 1.53. The smallest absolute Gasteiger partial charge is 0.330 e. The summed E-state index contributed by atoms with van der Waals surface area (Å²) in [6, 6.07) is 0. The lowest BCUT2D eigenvalue weighted by atomic mass is 9.76. The first kappa shape index (κ1) is 22.5. The van der Waals surface area contributed by atoms with Crippen LogP contribution in [0.2, 0.25) is 0 Å². The van der Waals surface area contributed by atoms with Gasteiger partial charge in [0.2, 0.25) is 0 Å². The molecular weight excluding hydrogens is 332 g/mol. The van der Waals surface area contributed by atoms with E-state index in [2.05, 4.69) is 13.8 Å². The van der Waals surface area contributed by atoms with E-state index in [1.807, 2.05) is 6.08 Å². The molecule has 0 aromatic rings. The van der Waals surface area contributed by atoms with Gasteiger partial charge >= 0.3 is 5.97 Å². The molecular formula is C25H44O2. The van der Waals surface area contributed by atoms with Gasteiger partial charge in [0.25, 0.3) is 0 Å². The zero-order valence-electron chi connectivity index (χ0n) is 18.1. The molecule has 27 heavy (non-hydrogen) atoms. The average molecular weight is 377 g/mol. The molecule has 0 amide bonds. The number of carbonyl (C=O) groups excluding carboxylic acids is 1. The standard InChI is InChI=1S/C25H44O2/c1-3-5-6-7-8-10-25(26)27-24-19-17-23(18-20-24)16-15-22-13-11-21(9-4-2)12-14-22/h8,10,21-24H,3-7,9,11-20H2,1-2H3. The van der Waals surface area contributed by atoms with Crippen molar-refractivity contribution in [3.63, 3.8) is 0 Å². The molecule has 156 valence electrons. The van der Waals surface area contributed by atoms with Crippen molar-refractivity contribution in [2.75, 3.05) is 0 Å². The van der Waals surface area contributed by atoms with Crippen molar-refractivity contribution in [3.8, 4) is 0 Å². The van der Waals surface area contributed by atoms with Crippen LogP contribution < -0.4 is 0 Å². The van der Waals surface area contributed by atoms with Gasteiger partial charge in [0.15, 0.2) is 0 Å². The van der Waals surface area contributed by atoms with Gasteiger partial charge in [-0.15, -0.1) is 0 Å². The van der Waals surface area contributed by atoms with E-state index in [1.165, 1.54) is 83.5 Å². The van der Waals surface area contributed by atoms with E-state index in [-0.39, 0.29) is 12.1 Å². The Kier molecular flexibility index (Phi) is 11.2. The maximum atomic E-state index is 11.9. The Hall–Kier alpha value is -0.790. The predicted molar refractivity (Wildman–Crippen MR) is 115 cm³/mol. The Morgan fingerprint density at radius 2 is 1.33 bits per heavy atom. The summed E-state index contributed by atoms with van der Waals surface area (Å²) >= 11 is 0. The van der Waals surface area contributed by atoms with Gasteiger partial charge < -0.3 is 4.74 Å². The summed E-state index contributed by atoms with van der Waals surface area (Å²) in [7, 11) is 0. The van der Waals surface area contributed by atoms with Gasteiger partial charge in [0, 0.05) is 6.08 Å². The third kappa shape index (κ3) is 9.30. The van der Waals surface area contributed by atoms with Crippen molar-refractivity contribution in [2.45, 2.75) is 123 Å². The number of esters is 1. The van der Waals surface area contributed by atoms with Crippen LogP contribution in [0.25, 0.3) is 0 Å². The van der Waals surface area contributed by atoms with Crippen LogP contribution in [0.3, 0.4) is 0 Å². The molecule has 0 unspecified atom stereocenters. The molecule has 0 atom stereocenters. The lowest BCUT2D eigenvalue weighted by Gasteiger charge is -2.31. The number of allylic oxidation sites excluding steroid dienone is 1. The molecule has 2 saturated carbocycles. The van der Waals surface area contributed by atoms with Gasteiger partial charge in [-0.25, -0.2) is 4.79 Å². The first-order chi connectivity index (χ1) is 13.2. The minimum Gasteiger partial charge on any atom is -0.459 e. The van der Waals surface area contributed by atoms with Crippen LogP contribution in [0.4, 0.5) is 0 Å². The number of hydrogen-bond donors (Lipinski definition) is 0. The normalized spacial score (nSPS) is 29.1. The average Bonchev–Trinajstić information content (AvgIpc) is 2.69. The second-order valence-electron chi connectivity index (χ2n) is 9.23. The molecule has 2 heteroatoms. The van der Waals surface area contributed by atoms with E-state index in [1.54, 1.807) is 6.08 Å².